The minimum absolute atomic E-state index is 0.123. The van der Waals surface area contributed by atoms with Gasteiger partial charge >= 0.3 is 6.03 Å². The van der Waals surface area contributed by atoms with E-state index in [2.05, 4.69) is 33.2 Å². The van der Waals surface area contributed by atoms with Gasteiger partial charge < -0.3 is 10.6 Å². The van der Waals surface area contributed by atoms with E-state index in [4.69, 9.17) is 11.6 Å². The van der Waals surface area contributed by atoms with Gasteiger partial charge in [0, 0.05) is 14.6 Å². The van der Waals surface area contributed by atoms with Crippen molar-refractivity contribution in [2.45, 2.75) is 38.1 Å². The summed E-state index contributed by atoms with van der Waals surface area (Å²) in [4.78, 5) is 11.9. The van der Waals surface area contributed by atoms with Gasteiger partial charge in [0.2, 0.25) is 0 Å². The lowest BCUT2D eigenvalue weighted by atomic mass is 9.96. The topological polar surface area (TPSA) is 41.1 Å². The molecule has 0 heterocycles. The second kappa shape index (κ2) is 6.61. The van der Waals surface area contributed by atoms with Crippen molar-refractivity contribution in [2.75, 3.05) is 5.32 Å². The van der Waals surface area contributed by atoms with E-state index in [0.717, 1.165) is 22.1 Å². The van der Waals surface area contributed by atoms with Gasteiger partial charge in [-0.25, -0.2) is 4.79 Å². The van der Waals surface area contributed by atoms with E-state index >= 15 is 0 Å². The minimum Gasteiger partial charge on any atom is -0.335 e. The van der Waals surface area contributed by atoms with E-state index in [0.29, 0.717) is 11.1 Å². The number of rotatable bonds is 2. The molecule has 2 N–H and O–H groups in total. The van der Waals surface area contributed by atoms with Crippen LogP contribution in [0.15, 0.2) is 18.2 Å². The van der Waals surface area contributed by atoms with E-state index in [1.165, 1.54) is 19.3 Å². The first kappa shape index (κ1) is 13.9. The number of halogens is 2. The number of urea groups is 1. The maximum atomic E-state index is 11.9. The Bertz CT molecular complexity index is 433. The second-order valence-corrected chi connectivity index (χ2v) is 6.16. The van der Waals surface area contributed by atoms with Crippen molar-refractivity contribution in [1.82, 2.24) is 5.32 Å². The predicted octanol–water partition coefficient (Wildman–Crippen LogP) is 4.40. The van der Waals surface area contributed by atoms with Gasteiger partial charge in [-0.2, -0.15) is 0 Å². The van der Waals surface area contributed by atoms with E-state index in [1.807, 2.05) is 12.1 Å². The van der Waals surface area contributed by atoms with Crippen LogP contribution in [0.25, 0.3) is 0 Å². The lowest BCUT2D eigenvalue weighted by Crippen LogP contribution is -2.39. The quantitative estimate of drug-likeness (QED) is 0.736. The van der Waals surface area contributed by atoms with Gasteiger partial charge in [-0.15, -0.1) is 0 Å². The molecule has 1 aliphatic carbocycles. The molecule has 0 spiro atoms. The Morgan fingerprint density at radius 3 is 2.67 bits per heavy atom. The van der Waals surface area contributed by atoms with Crippen LogP contribution in [0.5, 0.6) is 0 Å². The summed E-state index contributed by atoms with van der Waals surface area (Å²) in [5.41, 5.74) is 0.799. The average molecular weight is 379 g/mol. The van der Waals surface area contributed by atoms with Crippen molar-refractivity contribution in [2.24, 2.45) is 0 Å². The van der Waals surface area contributed by atoms with Gasteiger partial charge in [-0.3, -0.25) is 0 Å². The van der Waals surface area contributed by atoms with Crippen LogP contribution in [0.3, 0.4) is 0 Å². The zero-order valence-electron chi connectivity index (χ0n) is 10.0. The number of hydrogen-bond donors (Lipinski definition) is 2. The fourth-order valence-corrected chi connectivity index (χ4v) is 3.19. The first-order valence-electron chi connectivity index (χ1n) is 6.18. The number of hydrogen-bond acceptors (Lipinski definition) is 1. The molecule has 0 unspecified atom stereocenters. The molecule has 18 heavy (non-hydrogen) atoms. The number of carbonyl (C=O) groups excluding carboxylic acids is 1. The first-order chi connectivity index (χ1) is 8.65. The molecule has 1 saturated carbocycles. The van der Waals surface area contributed by atoms with Crippen LogP contribution < -0.4 is 10.6 Å². The van der Waals surface area contributed by atoms with Crippen molar-refractivity contribution in [1.29, 1.82) is 0 Å². The van der Waals surface area contributed by atoms with Crippen LogP contribution in [0.4, 0.5) is 10.5 Å². The molecule has 5 heteroatoms. The number of anilines is 1. The predicted molar refractivity (Wildman–Crippen MR) is 83.2 cm³/mol. The Morgan fingerprint density at radius 2 is 2.00 bits per heavy atom. The molecule has 2 rings (SSSR count). The third-order valence-electron chi connectivity index (χ3n) is 3.12. The third-order valence-corrected chi connectivity index (χ3v) is 4.25. The zero-order chi connectivity index (χ0) is 13.0. The van der Waals surface area contributed by atoms with Crippen molar-refractivity contribution in [3.8, 4) is 0 Å². The average Bonchev–Trinajstić information content (AvgIpc) is 2.34. The fraction of sp³-hybridized carbons (Fsp3) is 0.462. The molecule has 98 valence electrons. The highest BCUT2D eigenvalue weighted by Crippen LogP contribution is 2.22. The Labute approximate surface area is 126 Å². The molecule has 1 aromatic rings. The molecule has 0 aromatic heterocycles. The molecular weight excluding hydrogens is 363 g/mol. The first-order valence-corrected chi connectivity index (χ1v) is 7.63. The summed E-state index contributed by atoms with van der Waals surface area (Å²) in [5.74, 6) is 0. The normalized spacial score (nSPS) is 16.3. The molecule has 1 fully saturated rings. The largest absolute Gasteiger partial charge is 0.335 e. The Balaban J connectivity index is 1.90. The SMILES string of the molecule is O=C(Nc1ccc(Cl)cc1I)NC1CCCCC1. The molecule has 0 bridgehead atoms. The molecule has 3 nitrogen and oxygen atoms in total. The van der Waals surface area contributed by atoms with E-state index in [9.17, 15) is 4.79 Å². The Hall–Kier alpha value is -0.490. The number of benzene rings is 1. The van der Waals surface area contributed by atoms with Crippen LogP contribution >= 0.6 is 34.2 Å². The highest BCUT2D eigenvalue weighted by molar-refractivity contribution is 14.1. The van der Waals surface area contributed by atoms with E-state index in [-0.39, 0.29) is 6.03 Å². The minimum atomic E-state index is -0.123. The highest BCUT2D eigenvalue weighted by atomic mass is 127. The van der Waals surface area contributed by atoms with Gasteiger partial charge in [-0.1, -0.05) is 30.9 Å². The molecule has 0 atom stereocenters. The van der Waals surface area contributed by atoms with Crippen molar-refractivity contribution in [3.63, 3.8) is 0 Å². The van der Waals surface area contributed by atoms with Crippen LogP contribution in [-0.4, -0.2) is 12.1 Å². The standard InChI is InChI=1S/C13H16ClIN2O/c14-9-6-7-12(11(15)8-9)17-13(18)16-10-4-2-1-3-5-10/h6-8,10H,1-5H2,(H2,16,17,18). The lowest BCUT2D eigenvalue weighted by molar-refractivity contribution is 0.244. The number of nitrogens with one attached hydrogen (secondary N) is 2. The number of carbonyl (C=O) groups is 1. The smallest absolute Gasteiger partial charge is 0.319 e. The maximum Gasteiger partial charge on any atom is 0.319 e. The summed E-state index contributed by atoms with van der Waals surface area (Å²) < 4.78 is 0.943. The summed E-state index contributed by atoms with van der Waals surface area (Å²) in [5, 5.41) is 6.57. The van der Waals surface area contributed by atoms with Gasteiger partial charge in [0.15, 0.2) is 0 Å². The molecule has 2 amide bonds. The molecule has 1 aliphatic rings. The molecule has 0 saturated heterocycles. The molecule has 0 radical (unpaired) electrons. The Kier molecular flexibility index (Phi) is 5.12. The van der Waals surface area contributed by atoms with Gasteiger partial charge in [0.05, 0.1) is 5.69 Å². The maximum absolute atomic E-state index is 11.9. The fourth-order valence-electron chi connectivity index (χ4n) is 2.18. The van der Waals surface area contributed by atoms with Crippen LogP contribution in [0.1, 0.15) is 32.1 Å². The van der Waals surface area contributed by atoms with Crippen LogP contribution in [0.2, 0.25) is 5.02 Å². The van der Waals surface area contributed by atoms with Gasteiger partial charge in [0.1, 0.15) is 0 Å². The lowest BCUT2D eigenvalue weighted by Gasteiger charge is -2.23. The van der Waals surface area contributed by atoms with Crippen molar-refractivity contribution < 1.29 is 4.79 Å². The Morgan fingerprint density at radius 1 is 1.28 bits per heavy atom. The van der Waals surface area contributed by atoms with E-state index in [1.54, 1.807) is 6.07 Å². The zero-order valence-corrected chi connectivity index (χ0v) is 12.9. The number of amides is 2. The van der Waals surface area contributed by atoms with Crippen molar-refractivity contribution >= 4 is 45.9 Å². The summed E-state index contributed by atoms with van der Waals surface area (Å²) in [7, 11) is 0. The molecule has 0 aliphatic heterocycles. The summed E-state index contributed by atoms with van der Waals surface area (Å²) in [6, 6.07) is 5.63. The van der Waals surface area contributed by atoms with Gasteiger partial charge in [0.25, 0.3) is 0 Å². The van der Waals surface area contributed by atoms with Crippen LogP contribution in [0, 0.1) is 3.57 Å². The van der Waals surface area contributed by atoms with E-state index < -0.39 is 0 Å². The third kappa shape index (κ3) is 4.02. The van der Waals surface area contributed by atoms with Crippen molar-refractivity contribution in [3.05, 3.63) is 26.8 Å². The highest BCUT2D eigenvalue weighted by Gasteiger charge is 2.15. The van der Waals surface area contributed by atoms with Crippen LogP contribution in [-0.2, 0) is 0 Å². The monoisotopic (exact) mass is 378 g/mol. The second-order valence-electron chi connectivity index (χ2n) is 4.56. The molecular formula is C13H16ClIN2O. The summed E-state index contributed by atoms with van der Waals surface area (Å²) in [6.07, 6.45) is 5.89. The summed E-state index contributed by atoms with van der Waals surface area (Å²) in [6.45, 7) is 0. The summed E-state index contributed by atoms with van der Waals surface area (Å²) >= 11 is 8.04. The van der Waals surface area contributed by atoms with Gasteiger partial charge in [-0.05, 0) is 53.6 Å². The molecule has 1 aromatic carbocycles.